The Morgan fingerprint density at radius 1 is 1.27 bits per heavy atom. The average Bonchev–Trinajstić information content (AvgIpc) is 2.65. The van der Waals surface area contributed by atoms with E-state index in [0.29, 0.717) is 19.1 Å². The first-order valence-corrected chi connectivity index (χ1v) is 12.4. The standard InChI is InChI=1S/C19H24F2N2O5S2/c1-5-8-16(29(24,25)6-2)17(22-4)18-23-13-11-14(28-18)9-7-10-15(12-13)30(26,27)19(3,20)21/h8-10,12H,5-7,11H2,1-4H3/b13-12+,14-9+,15-10+,16-8+,22-17?. The minimum Gasteiger partial charge on any atom is -0.441 e. The molecule has 30 heavy (non-hydrogen) atoms. The molecular weight excluding hydrogens is 438 g/mol. The van der Waals surface area contributed by atoms with Crippen molar-refractivity contribution < 1.29 is 30.4 Å². The number of sulfone groups is 2. The Morgan fingerprint density at radius 3 is 2.47 bits per heavy atom. The van der Waals surface area contributed by atoms with Crippen molar-refractivity contribution in [3.8, 4) is 0 Å². The van der Waals surface area contributed by atoms with Gasteiger partial charge in [0.25, 0.3) is 0 Å². The van der Waals surface area contributed by atoms with Crippen LogP contribution in [-0.2, 0) is 24.4 Å². The molecule has 0 fully saturated rings. The lowest BCUT2D eigenvalue weighted by Crippen LogP contribution is -2.28. The summed E-state index contributed by atoms with van der Waals surface area (Å²) in [5, 5.41) is -3.96. The van der Waals surface area contributed by atoms with E-state index in [2.05, 4.69) is 9.98 Å². The zero-order valence-corrected chi connectivity index (χ0v) is 18.8. The van der Waals surface area contributed by atoms with Crippen molar-refractivity contribution >= 4 is 31.3 Å². The Bertz CT molecular complexity index is 1100. The van der Waals surface area contributed by atoms with Gasteiger partial charge in [-0.05, 0) is 25.0 Å². The van der Waals surface area contributed by atoms with Crippen LogP contribution in [0.4, 0.5) is 8.78 Å². The quantitative estimate of drug-likeness (QED) is 0.537. The van der Waals surface area contributed by atoms with Gasteiger partial charge in [-0.2, -0.15) is 8.78 Å². The monoisotopic (exact) mass is 462 g/mol. The van der Waals surface area contributed by atoms with Crippen LogP contribution in [0.2, 0.25) is 0 Å². The fourth-order valence-corrected chi connectivity index (χ4v) is 5.00. The largest absolute Gasteiger partial charge is 0.441 e. The highest BCUT2D eigenvalue weighted by Crippen LogP contribution is 2.33. The van der Waals surface area contributed by atoms with Crippen molar-refractivity contribution in [3.63, 3.8) is 0 Å². The highest BCUT2D eigenvalue weighted by atomic mass is 32.2. The van der Waals surface area contributed by atoms with E-state index in [1.165, 1.54) is 26.1 Å². The summed E-state index contributed by atoms with van der Waals surface area (Å²) in [6, 6.07) is 0. The van der Waals surface area contributed by atoms with Crippen LogP contribution in [0.3, 0.4) is 0 Å². The van der Waals surface area contributed by atoms with Gasteiger partial charge >= 0.3 is 5.25 Å². The topological polar surface area (TPSA) is 102 Å². The van der Waals surface area contributed by atoms with Crippen molar-refractivity contribution in [2.45, 2.75) is 45.3 Å². The second-order valence-electron chi connectivity index (χ2n) is 6.61. The molecule has 0 aromatic rings. The first kappa shape index (κ1) is 24.1. The molecule has 0 aromatic heterocycles. The third-order valence-corrected chi connectivity index (χ3v) is 7.99. The number of nitrogens with zero attached hydrogens (tertiary/aromatic N) is 2. The molecule has 0 saturated heterocycles. The van der Waals surface area contributed by atoms with Gasteiger partial charge in [0.15, 0.2) is 9.84 Å². The van der Waals surface area contributed by atoms with Gasteiger partial charge in [-0.25, -0.2) is 21.8 Å². The maximum atomic E-state index is 13.6. The first-order valence-electron chi connectivity index (χ1n) is 9.26. The van der Waals surface area contributed by atoms with Crippen LogP contribution in [0, 0.1) is 0 Å². The molecule has 2 rings (SSSR count). The van der Waals surface area contributed by atoms with E-state index >= 15 is 0 Å². The number of hydrogen-bond acceptors (Lipinski definition) is 7. The van der Waals surface area contributed by atoms with E-state index in [1.54, 1.807) is 6.92 Å². The van der Waals surface area contributed by atoms with Gasteiger partial charge < -0.3 is 4.74 Å². The van der Waals surface area contributed by atoms with Gasteiger partial charge in [-0.1, -0.05) is 26.0 Å². The number of halogens is 2. The minimum absolute atomic E-state index is 0.00928. The molecule has 0 amide bonds. The fraction of sp³-hybridized carbons (Fsp3) is 0.474. The summed E-state index contributed by atoms with van der Waals surface area (Å²) in [6.07, 6.45) is 5.80. The van der Waals surface area contributed by atoms with Crippen LogP contribution in [0.1, 0.15) is 40.0 Å². The lowest BCUT2D eigenvalue weighted by molar-refractivity contribution is 0.115. The molecule has 0 spiro atoms. The molecule has 0 saturated carbocycles. The van der Waals surface area contributed by atoms with E-state index in [4.69, 9.17) is 4.74 Å². The van der Waals surface area contributed by atoms with E-state index in [9.17, 15) is 25.6 Å². The SMILES string of the molecule is CC/C=C(\C(=NC)C1=N/C2=C/C(S(=O)(=O)C(C)(F)F)=C\C/C=C(\C2)O1)S(=O)(=O)CC. The minimum atomic E-state index is -4.90. The highest BCUT2D eigenvalue weighted by Gasteiger charge is 2.42. The molecule has 0 N–H and O–H groups in total. The first-order chi connectivity index (χ1) is 13.9. The molecule has 7 nitrogen and oxygen atoms in total. The van der Waals surface area contributed by atoms with Gasteiger partial charge in [0.05, 0.1) is 21.3 Å². The van der Waals surface area contributed by atoms with E-state index in [1.807, 2.05) is 0 Å². The van der Waals surface area contributed by atoms with E-state index in [-0.39, 0.29) is 40.8 Å². The maximum absolute atomic E-state index is 13.6. The number of ether oxygens (including phenoxy) is 1. The Labute approximate surface area is 175 Å². The van der Waals surface area contributed by atoms with Gasteiger partial charge in [-0.15, -0.1) is 0 Å². The molecule has 0 atom stereocenters. The predicted molar refractivity (Wildman–Crippen MR) is 113 cm³/mol. The lowest BCUT2D eigenvalue weighted by Gasteiger charge is -2.22. The number of aliphatic imine (C=N–C) groups is 2. The summed E-state index contributed by atoms with van der Waals surface area (Å²) in [5.74, 6) is 0.112. The zero-order chi connectivity index (χ0) is 22.7. The molecule has 1 aliphatic heterocycles. The Hall–Kier alpha value is -2.14. The van der Waals surface area contributed by atoms with Crippen LogP contribution in [0.15, 0.2) is 55.6 Å². The van der Waals surface area contributed by atoms with Gasteiger partial charge in [0.2, 0.25) is 15.7 Å². The third kappa shape index (κ3) is 4.94. The van der Waals surface area contributed by atoms with Crippen molar-refractivity contribution in [1.29, 1.82) is 0 Å². The number of alkyl halides is 2. The van der Waals surface area contributed by atoms with Crippen molar-refractivity contribution in [2.75, 3.05) is 12.8 Å². The van der Waals surface area contributed by atoms with Crippen LogP contribution in [0.25, 0.3) is 0 Å². The lowest BCUT2D eigenvalue weighted by atomic mass is 10.1. The second-order valence-corrected chi connectivity index (χ2v) is 11.0. The van der Waals surface area contributed by atoms with Gasteiger partial charge in [-0.3, -0.25) is 4.99 Å². The summed E-state index contributed by atoms with van der Waals surface area (Å²) in [7, 11) is -7.16. The van der Waals surface area contributed by atoms with Crippen molar-refractivity contribution in [3.05, 3.63) is 45.6 Å². The molecule has 2 bridgehead atoms. The molecule has 2 aliphatic rings. The van der Waals surface area contributed by atoms with E-state index < -0.39 is 29.8 Å². The molecule has 166 valence electrons. The Balaban J connectivity index is 2.62. The number of fused-ring (bicyclic) bond motifs is 2. The Morgan fingerprint density at radius 2 is 1.93 bits per heavy atom. The van der Waals surface area contributed by atoms with Crippen molar-refractivity contribution in [1.82, 2.24) is 0 Å². The maximum Gasteiger partial charge on any atom is 0.347 e. The number of hydrogen-bond donors (Lipinski definition) is 0. The summed E-state index contributed by atoms with van der Waals surface area (Å²) < 4.78 is 82.4. The molecule has 1 aliphatic carbocycles. The summed E-state index contributed by atoms with van der Waals surface area (Å²) in [4.78, 5) is 7.64. The van der Waals surface area contributed by atoms with Crippen LogP contribution < -0.4 is 0 Å². The predicted octanol–water partition coefficient (Wildman–Crippen LogP) is 3.69. The average molecular weight is 463 g/mol. The van der Waals surface area contributed by atoms with Crippen LogP contribution in [0.5, 0.6) is 0 Å². The number of allylic oxidation sites excluding steroid dienone is 4. The fourth-order valence-electron chi connectivity index (χ4n) is 2.78. The third-order valence-electron chi connectivity index (χ3n) is 4.35. The summed E-state index contributed by atoms with van der Waals surface area (Å²) >= 11 is 0. The smallest absolute Gasteiger partial charge is 0.347 e. The van der Waals surface area contributed by atoms with Gasteiger partial charge in [0, 0.05) is 20.4 Å². The molecule has 0 aromatic carbocycles. The van der Waals surface area contributed by atoms with Crippen LogP contribution in [-0.4, -0.2) is 46.5 Å². The van der Waals surface area contributed by atoms with E-state index in [0.717, 1.165) is 12.2 Å². The summed E-state index contributed by atoms with van der Waals surface area (Å²) in [6.45, 7) is 3.58. The molecule has 1 heterocycles. The Kier molecular flexibility index (Phi) is 7.18. The van der Waals surface area contributed by atoms with Gasteiger partial charge in [0.1, 0.15) is 11.5 Å². The number of rotatable bonds is 7. The molecule has 0 unspecified atom stereocenters. The molecular formula is C19H24F2N2O5S2. The van der Waals surface area contributed by atoms with Crippen LogP contribution >= 0.6 is 0 Å². The highest BCUT2D eigenvalue weighted by molar-refractivity contribution is 7.96. The zero-order valence-electron chi connectivity index (χ0n) is 17.1. The molecule has 0 radical (unpaired) electrons. The second kappa shape index (κ2) is 8.93. The normalized spacial score (nSPS) is 24.2. The summed E-state index contributed by atoms with van der Waals surface area (Å²) in [5.41, 5.74) is 0.136. The van der Waals surface area contributed by atoms with Crippen molar-refractivity contribution in [2.24, 2.45) is 9.98 Å². The molecule has 11 heteroatoms.